The number of likely N-dealkylation sites (tertiary alicyclic amines) is 1. The normalized spacial score (nSPS) is 18.0. The fourth-order valence-electron chi connectivity index (χ4n) is 3.35. The number of halogens is 2. The van der Waals surface area contributed by atoms with Crippen molar-refractivity contribution in [1.29, 1.82) is 0 Å². The Labute approximate surface area is 181 Å². The minimum atomic E-state index is 0.259. The highest BCUT2D eigenvalue weighted by Crippen LogP contribution is 2.27. The van der Waals surface area contributed by atoms with E-state index in [1.54, 1.807) is 24.1 Å². The first-order chi connectivity index (χ1) is 13.9. The molecule has 1 aliphatic heterocycles. The molecule has 3 rings (SSSR count). The van der Waals surface area contributed by atoms with Crippen molar-refractivity contribution in [3.63, 3.8) is 0 Å². The third-order valence-electron chi connectivity index (χ3n) is 5.00. The van der Waals surface area contributed by atoms with Gasteiger partial charge in [-0.2, -0.15) is 9.98 Å². The topological polar surface area (TPSA) is 82.7 Å². The summed E-state index contributed by atoms with van der Waals surface area (Å²) in [4.78, 5) is 17.5. The lowest BCUT2D eigenvalue weighted by molar-refractivity contribution is 0.226. The fraction of sp³-hybridized carbons (Fsp3) is 0.450. The van der Waals surface area contributed by atoms with Gasteiger partial charge >= 0.3 is 0 Å². The van der Waals surface area contributed by atoms with E-state index < -0.39 is 0 Å². The molecule has 0 saturated carbocycles. The van der Waals surface area contributed by atoms with Crippen LogP contribution in [0.1, 0.15) is 25.5 Å². The first kappa shape index (κ1) is 21.6. The van der Waals surface area contributed by atoms with Gasteiger partial charge in [-0.3, -0.25) is 0 Å². The zero-order valence-corrected chi connectivity index (χ0v) is 18.5. The molecule has 9 heteroatoms. The Balaban J connectivity index is 1.76. The van der Waals surface area contributed by atoms with Crippen molar-refractivity contribution < 1.29 is 0 Å². The molecule has 3 N–H and O–H groups in total. The monoisotopic (exact) mass is 435 g/mol. The lowest BCUT2D eigenvalue weighted by Crippen LogP contribution is -2.42. The molecule has 1 saturated heterocycles. The molecule has 1 fully saturated rings. The maximum absolute atomic E-state index is 6.18. The van der Waals surface area contributed by atoms with Crippen LogP contribution >= 0.6 is 23.2 Å². The first-order valence-corrected chi connectivity index (χ1v) is 10.5. The quantitative estimate of drug-likeness (QED) is 0.543. The molecule has 1 aromatic carbocycles. The lowest BCUT2D eigenvalue weighted by atomic mass is 10.1. The Morgan fingerprint density at radius 3 is 2.83 bits per heavy atom. The van der Waals surface area contributed by atoms with Crippen LogP contribution in [-0.2, 0) is 0 Å². The Bertz CT molecular complexity index is 887. The molecule has 0 unspecified atom stereocenters. The summed E-state index contributed by atoms with van der Waals surface area (Å²) in [5.41, 5.74) is 7.78. The van der Waals surface area contributed by atoms with E-state index in [9.17, 15) is 0 Å². The van der Waals surface area contributed by atoms with Gasteiger partial charge in [-0.05, 0) is 51.1 Å². The molecule has 0 aliphatic carbocycles. The van der Waals surface area contributed by atoms with Crippen molar-refractivity contribution in [3.8, 4) is 0 Å². The molecule has 156 valence electrons. The van der Waals surface area contributed by atoms with Gasteiger partial charge in [0, 0.05) is 37.1 Å². The number of piperidine rings is 1. The van der Waals surface area contributed by atoms with Gasteiger partial charge < -0.3 is 20.9 Å². The Morgan fingerprint density at radius 2 is 2.10 bits per heavy atom. The Kier molecular flexibility index (Phi) is 7.16. The number of anilines is 2. The summed E-state index contributed by atoms with van der Waals surface area (Å²) in [6.45, 7) is 7.35. The lowest BCUT2D eigenvalue weighted by Gasteiger charge is -2.32. The molecule has 2 heterocycles. The van der Waals surface area contributed by atoms with Crippen LogP contribution in [-0.4, -0.2) is 53.6 Å². The third kappa shape index (κ3) is 5.72. The van der Waals surface area contributed by atoms with Crippen LogP contribution in [0.15, 0.2) is 29.3 Å². The summed E-state index contributed by atoms with van der Waals surface area (Å²) < 4.78 is 0. The van der Waals surface area contributed by atoms with Crippen LogP contribution in [0.2, 0.25) is 10.0 Å². The summed E-state index contributed by atoms with van der Waals surface area (Å²) in [5, 5.41) is 4.47. The maximum Gasteiger partial charge on any atom is 0.254 e. The van der Waals surface area contributed by atoms with E-state index in [-0.39, 0.29) is 5.96 Å². The number of likely N-dealkylation sites (N-methyl/N-ethyl adjacent to an activating group) is 1. The van der Waals surface area contributed by atoms with E-state index in [0.717, 1.165) is 43.3 Å². The second-order valence-electron chi connectivity index (χ2n) is 7.20. The highest BCUT2D eigenvalue weighted by Gasteiger charge is 2.19. The smallest absolute Gasteiger partial charge is 0.254 e. The van der Waals surface area contributed by atoms with Crippen LogP contribution in [0.5, 0.6) is 0 Å². The Morgan fingerprint density at radius 1 is 1.31 bits per heavy atom. The third-order valence-corrected chi connectivity index (χ3v) is 5.73. The first-order valence-electron chi connectivity index (χ1n) is 9.73. The summed E-state index contributed by atoms with van der Waals surface area (Å²) in [7, 11) is 1.80. The highest BCUT2D eigenvalue weighted by molar-refractivity contribution is 6.42. The number of aliphatic imine (C=N–C) groups is 1. The number of aromatic nitrogens is 2. The molecule has 1 aliphatic rings. The molecule has 0 amide bonds. The summed E-state index contributed by atoms with van der Waals surface area (Å²) in [6.07, 6.45) is 2.31. The number of guanidine groups is 1. The van der Waals surface area contributed by atoms with Crippen molar-refractivity contribution in [3.05, 3.63) is 40.0 Å². The average molecular weight is 436 g/mol. The largest absolute Gasteiger partial charge is 0.369 e. The number of nitrogens with one attached hydrogen (secondary N) is 1. The second-order valence-corrected chi connectivity index (χ2v) is 8.01. The summed E-state index contributed by atoms with van der Waals surface area (Å²) >= 11 is 12.1. The fourth-order valence-corrected chi connectivity index (χ4v) is 3.64. The number of nitrogens with zero attached hydrogens (tertiary/aromatic N) is 5. The SMILES string of the molecule is CCN1CCC[C@H](Nc2cc(C)nc(N=C(N)N(C)c3ccc(Cl)c(Cl)c3)n2)C1. The van der Waals surface area contributed by atoms with Crippen LogP contribution in [0, 0.1) is 6.92 Å². The van der Waals surface area contributed by atoms with Gasteiger partial charge in [-0.1, -0.05) is 30.1 Å². The van der Waals surface area contributed by atoms with Gasteiger partial charge in [-0.15, -0.1) is 0 Å². The van der Waals surface area contributed by atoms with E-state index >= 15 is 0 Å². The zero-order valence-electron chi connectivity index (χ0n) is 17.0. The van der Waals surface area contributed by atoms with Crippen molar-refractivity contribution in [2.75, 3.05) is 36.9 Å². The maximum atomic E-state index is 6.18. The molecular weight excluding hydrogens is 409 g/mol. The molecule has 0 radical (unpaired) electrons. The molecule has 1 atom stereocenters. The van der Waals surface area contributed by atoms with Crippen molar-refractivity contribution in [2.45, 2.75) is 32.7 Å². The van der Waals surface area contributed by atoms with E-state index in [1.165, 1.54) is 6.42 Å². The van der Waals surface area contributed by atoms with Crippen LogP contribution in [0.25, 0.3) is 0 Å². The van der Waals surface area contributed by atoms with Gasteiger partial charge in [0.25, 0.3) is 5.95 Å². The summed E-state index contributed by atoms with van der Waals surface area (Å²) in [5.74, 6) is 1.35. The van der Waals surface area contributed by atoms with Crippen LogP contribution < -0.4 is 16.0 Å². The van der Waals surface area contributed by atoms with Crippen molar-refractivity contribution in [1.82, 2.24) is 14.9 Å². The van der Waals surface area contributed by atoms with E-state index in [4.69, 9.17) is 28.9 Å². The minimum Gasteiger partial charge on any atom is -0.369 e. The Hall–Kier alpha value is -2.09. The molecular formula is C20H27Cl2N7. The number of hydrogen-bond acceptors (Lipinski definition) is 5. The number of hydrogen-bond donors (Lipinski definition) is 2. The molecule has 1 aromatic heterocycles. The van der Waals surface area contributed by atoms with Crippen molar-refractivity contribution >= 4 is 46.6 Å². The van der Waals surface area contributed by atoms with Crippen LogP contribution in [0.3, 0.4) is 0 Å². The predicted molar refractivity (Wildman–Crippen MR) is 122 cm³/mol. The average Bonchev–Trinajstić information content (AvgIpc) is 2.69. The van der Waals surface area contributed by atoms with Gasteiger partial charge in [0.15, 0.2) is 0 Å². The van der Waals surface area contributed by atoms with Crippen LogP contribution in [0.4, 0.5) is 17.5 Å². The number of aryl methyl sites for hydroxylation is 1. The van der Waals surface area contributed by atoms with Gasteiger partial charge in [0.1, 0.15) is 5.82 Å². The van der Waals surface area contributed by atoms with E-state index in [1.807, 2.05) is 19.1 Å². The molecule has 2 aromatic rings. The van der Waals surface area contributed by atoms with E-state index in [0.29, 0.717) is 22.0 Å². The highest BCUT2D eigenvalue weighted by atomic mass is 35.5. The number of benzene rings is 1. The molecule has 0 spiro atoms. The summed E-state index contributed by atoms with van der Waals surface area (Å²) in [6, 6.07) is 7.58. The minimum absolute atomic E-state index is 0.259. The standard InChI is InChI=1S/C20H27Cl2N7/c1-4-29-9-5-6-14(12-29)25-18-10-13(2)24-20(26-18)27-19(23)28(3)15-7-8-16(21)17(22)11-15/h7-8,10-11,14H,4-6,9,12H2,1-3H3,(H3,23,24,25,26,27)/t14-/m0/s1. The molecule has 7 nitrogen and oxygen atoms in total. The predicted octanol–water partition coefficient (Wildman–Crippen LogP) is 4.07. The van der Waals surface area contributed by atoms with Gasteiger partial charge in [0.2, 0.25) is 5.96 Å². The van der Waals surface area contributed by atoms with E-state index in [2.05, 4.69) is 32.1 Å². The van der Waals surface area contributed by atoms with Crippen molar-refractivity contribution in [2.24, 2.45) is 10.7 Å². The van der Waals surface area contributed by atoms with Gasteiger partial charge in [-0.25, -0.2) is 4.98 Å². The second kappa shape index (κ2) is 9.61. The van der Waals surface area contributed by atoms with Gasteiger partial charge in [0.05, 0.1) is 10.0 Å². The zero-order chi connectivity index (χ0) is 21.0. The molecule has 0 bridgehead atoms. The number of nitrogens with two attached hydrogens (primary N) is 1. The molecule has 29 heavy (non-hydrogen) atoms. The number of rotatable bonds is 5.